The van der Waals surface area contributed by atoms with E-state index in [4.69, 9.17) is 11.6 Å². The average Bonchev–Trinajstić information content (AvgIpc) is 2.20. The third-order valence-electron chi connectivity index (χ3n) is 2.14. The highest BCUT2D eigenvalue weighted by Gasteiger charge is 1.97. The zero-order valence-corrected chi connectivity index (χ0v) is 9.25. The van der Waals surface area contributed by atoms with Crippen LogP contribution in [0, 0.1) is 0 Å². The van der Waals surface area contributed by atoms with E-state index in [-0.39, 0.29) is 5.57 Å². The molecule has 0 aliphatic carbocycles. The summed E-state index contributed by atoms with van der Waals surface area (Å²) in [6.45, 7) is 1.53. The summed E-state index contributed by atoms with van der Waals surface area (Å²) in [5.41, 5.74) is 1.30. The number of carboxylic acids is 1. The van der Waals surface area contributed by atoms with Gasteiger partial charge >= 0.3 is 0 Å². The van der Waals surface area contributed by atoms with Gasteiger partial charge in [-0.2, -0.15) is 0 Å². The van der Waals surface area contributed by atoms with E-state index in [1.165, 1.54) is 6.92 Å². The lowest BCUT2D eigenvalue weighted by molar-refractivity contribution is -0.299. The molecular formula is C12H12ClO2-. The van der Waals surface area contributed by atoms with Crippen molar-refractivity contribution in [1.82, 2.24) is 0 Å². The maximum Gasteiger partial charge on any atom is 0.0668 e. The largest absolute Gasteiger partial charge is 0.545 e. The van der Waals surface area contributed by atoms with Crippen LogP contribution >= 0.6 is 11.6 Å². The Labute approximate surface area is 94.2 Å². The molecule has 3 heteroatoms. The maximum atomic E-state index is 10.4. The molecule has 0 unspecified atom stereocenters. The van der Waals surface area contributed by atoms with Gasteiger partial charge in [0.25, 0.3) is 0 Å². The molecule has 2 nitrogen and oxygen atoms in total. The van der Waals surface area contributed by atoms with E-state index in [9.17, 15) is 9.90 Å². The summed E-state index contributed by atoms with van der Waals surface area (Å²) >= 11 is 5.95. The quantitative estimate of drug-likeness (QED) is 0.733. The van der Waals surface area contributed by atoms with Crippen LogP contribution in [0.2, 0.25) is 5.02 Å². The SMILES string of the molecule is C/C(=C\CCc1ccccc1Cl)C(=O)[O-]. The fourth-order valence-electron chi connectivity index (χ4n) is 1.23. The predicted molar refractivity (Wildman–Crippen MR) is 58.5 cm³/mol. The lowest BCUT2D eigenvalue weighted by Crippen LogP contribution is -2.22. The molecule has 0 spiro atoms. The molecule has 1 aromatic carbocycles. The molecule has 0 aliphatic heterocycles. The Bertz CT molecular complexity index is 383. The zero-order valence-electron chi connectivity index (χ0n) is 8.50. The van der Waals surface area contributed by atoms with Gasteiger partial charge in [-0.25, -0.2) is 0 Å². The van der Waals surface area contributed by atoms with Gasteiger partial charge in [0, 0.05) is 5.02 Å². The molecule has 0 amide bonds. The van der Waals surface area contributed by atoms with Crippen LogP contribution in [0.25, 0.3) is 0 Å². The second-order valence-electron chi connectivity index (χ2n) is 3.30. The number of hydrogen-bond donors (Lipinski definition) is 0. The van der Waals surface area contributed by atoms with Gasteiger partial charge in [-0.15, -0.1) is 0 Å². The fourth-order valence-corrected chi connectivity index (χ4v) is 1.46. The molecule has 1 aromatic rings. The molecule has 0 saturated carbocycles. The zero-order chi connectivity index (χ0) is 11.3. The van der Waals surface area contributed by atoms with Crippen molar-refractivity contribution in [3.63, 3.8) is 0 Å². The Hall–Kier alpha value is -1.28. The lowest BCUT2D eigenvalue weighted by Gasteiger charge is -2.03. The first-order valence-electron chi connectivity index (χ1n) is 4.73. The van der Waals surface area contributed by atoms with E-state index in [2.05, 4.69) is 0 Å². The second-order valence-corrected chi connectivity index (χ2v) is 3.71. The second kappa shape index (κ2) is 5.56. The van der Waals surface area contributed by atoms with E-state index in [0.29, 0.717) is 6.42 Å². The van der Waals surface area contributed by atoms with Crippen molar-refractivity contribution in [2.75, 3.05) is 0 Å². The van der Waals surface area contributed by atoms with Gasteiger partial charge in [0.2, 0.25) is 0 Å². The maximum absolute atomic E-state index is 10.4. The molecule has 0 aliphatic rings. The van der Waals surface area contributed by atoms with Crippen molar-refractivity contribution < 1.29 is 9.90 Å². The predicted octanol–water partition coefficient (Wildman–Crippen LogP) is 1.97. The van der Waals surface area contributed by atoms with Gasteiger partial charge in [-0.3, -0.25) is 0 Å². The standard InChI is InChI=1S/C12H13ClO2/c1-9(12(14)15)5-4-7-10-6-2-3-8-11(10)13/h2-3,5-6,8H,4,7H2,1H3,(H,14,15)/p-1/b9-5+. The number of carbonyl (C=O) groups excluding carboxylic acids is 1. The van der Waals surface area contributed by atoms with E-state index in [1.54, 1.807) is 6.08 Å². The van der Waals surface area contributed by atoms with Crippen LogP contribution < -0.4 is 5.11 Å². The Morgan fingerprint density at radius 1 is 1.47 bits per heavy atom. The summed E-state index contributed by atoms with van der Waals surface area (Å²) in [4.78, 5) is 10.4. The number of aliphatic carboxylic acids is 1. The molecule has 1 rings (SSSR count). The molecule has 80 valence electrons. The number of benzene rings is 1. The van der Waals surface area contributed by atoms with Gasteiger partial charge in [0.15, 0.2) is 0 Å². The summed E-state index contributed by atoms with van der Waals surface area (Å²) in [6.07, 6.45) is 3.05. The number of aryl methyl sites for hydroxylation is 1. The van der Waals surface area contributed by atoms with E-state index in [1.807, 2.05) is 24.3 Å². The van der Waals surface area contributed by atoms with Gasteiger partial charge in [-0.05, 0) is 37.0 Å². The van der Waals surface area contributed by atoms with Crippen LogP contribution in [0.3, 0.4) is 0 Å². The molecule has 15 heavy (non-hydrogen) atoms. The van der Waals surface area contributed by atoms with Gasteiger partial charge < -0.3 is 9.90 Å². The summed E-state index contributed by atoms with van der Waals surface area (Å²) in [5.74, 6) is -1.12. The number of allylic oxidation sites excluding steroid dienone is 1. The number of hydrogen-bond acceptors (Lipinski definition) is 2. The summed E-state index contributed by atoms with van der Waals surface area (Å²) in [5, 5.41) is 11.1. The first-order valence-corrected chi connectivity index (χ1v) is 5.10. The Morgan fingerprint density at radius 3 is 2.73 bits per heavy atom. The Kier molecular flexibility index (Phi) is 4.37. The summed E-state index contributed by atoms with van der Waals surface area (Å²) < 4.78 is 0. The molecule has 0 aromatic heterocycles. The Balaban J connectivity index is 2.55. The fraction of sp³-hybridized carbons (Fsp3) is 0.250. The first-order chi connectivity index (χ1) is 7.11. The van der Waals surface area contributed by atoms with E-state index in [0.717, 1.165) is 17.0 Å². The van der Waals surface area contributed by atoms with Crippen molar-refractivity contribution >= 4 is 17.6 Å². The minimum atomic E-state index is -1.12. The van der Waals surface area contributed by atoms with Gasteiger partial charge in [-0.1, -0.05) is 35.9 Å². The topological polar surface area (TPSA) is 40.1 Å². The van der Waals surface area contributed by atoms with Crippen LogP contribution in [0.1, 0.15) is 18.9 Å². The molecule has 0 saturated heterocycles. The molecule has 0 radical (unpaired) electrons. The highest BCUT2D eigenvalue weighted by Crippen LogP contribution is 2.16. The lowest BCUT2D eigenvalue weighted by atomic mass is 10.1. The van der Waals surface area contributed by atoms with Crippen LogP contribution in [0.5, 0.6) is 0 Å². The summed E-state index contributed by atoms with van der Waals surface area (Å²) in [7, 11) is 0. The van der Waals surface area contributed by atoms with Crippen molar-refractivity contribution in [2.24, 2.45) is 0 Å². The number of halogens is 1. The highest BCUT2D eigenvalue weighted by atomic mass is 35.5. The summed E-state index contributed by atoms with van der Waals surface area (Å²) in [6, 6.07) is 7.54. The average molecular weight is 224 g/mol. The van der Waals surface area contributed by atoms with Gasteiger partial charge in [0.05, 0.1) is 5.97 Å². The van der Waals surface area contributed by atoms with E-state index < -0.39 is 5.97 Å². The molecular weight excluding hydrogens is 212 g/mol. The Morgan fingerprint density at radius 2 is 2.13 bits per heavy atom. The minimum Gasteiger partial charge on any atom is -0.545 e. The monoisotopic (exact) mass is 223 g/mol. The van der Waals surface area contributed by atoms with Crippen LogP contribution in [-0.2, 0) is 11.2 Å². The number of carbonyl (C=O) groups is 1. The molecule has 0 bridgehead atoms. The van der Waals surface area contributed by atoms with Crippen molar-refractivity contribution in [3.05, 3.63) is 46.5 Å². The van der Waals surface area contributed by atoms with Crippen LogP contribution in [0.4, 0.5) is 0 Å². The van der Waals surface area contributed by atoms with Crippen molar-refractivity contribution in [2.45, 2.75) is 19.8 Å². The van der Waals surface area contributed by atoms with Crippen LogP contribution in [-0.4, -0.2) is 5.97 Å². The third-order valence-corrected chi connectivity index (χ3v) is 2.51. The minimum absolute atomic E-state index is 0.266. The molecule has 0 atom stereocenters. The van der Waals surface area contributed by atoms with E-state index >= 15 is 0 Å². The number of rotatable bonds is 4. The third kappa shape index (κ3) is 3.76. The van der Waals surface area contributed by atoms with Crippen LogP contribution in [0.15, 0.2) is 35.9 Å². The smallest absolute Gasteiger partial charge is 0.0668 e. The normalized spacial score (nSPS) is 11.5. The molecule has 0 heterocycles. The first kappa shape index (κ1) is 11.8. The van der Waals surface area contributed by atoms with Crippen molar-refractivity contribution in [3.8, 4) is 0 Å². The number of carboxylic acid groups (broad SMARTS) is 1. The molecule has 0 N–H and O–H groups in total. The molecule has 0 fully saturated rings. The highest BCUT2D eigenvalue weighted by molar-refractivity contribution is 6.31. The van der Waals surface area contributed by atoms with Crippen molar-refractivity contribution in [1.29, 1.82) is 0 Å². The van der Waals surface area contributed by atoms with Gasteiger partial charge in [0.1, 0.15) is 0 Å².